The quantitative estimate of drug-likeness (QED) is 0.0969. The zero-order valence-corrected chi connectivity index (χ0v) is 22.5. The molecule has 0 aliphatic heterocycles. The second-order valence-corrected chi connectivity index (χ2v) is 12.0. The Hall–Kier alpha value is 0.820. The minimum absolute atomic E-state index is 0. The van der Waals surface area contributed by atoms with E-state index in [1.807, 2.05) is 0 Å². The Bertz CT molecular complexity index is 608. The van der Waals surface area contributed by atoms with Gasteiger partial charge in [-0.2, -0.15) is 16.8 Å². The van der Waals surface area contributed by atoms with Crippen LogP contribution in [0.2, 0.25) is 0 Å². The second-order valence-electron chi connectivity index (χ2n) is 8.92. The normalized spacial score (nSPS) is 12.1. The first-order valence-corrected chi connectivity index (χ1v) is 16.1. The van der Waals surface area contributed by atoms with Crippen LogP contribution in [0.25, 0.3) is 0 Å². The van der Waals surface area contributed by atoms with Gasteiger partial charge >= 0.3 is 40.0 Å². The van der Waals surface area contributed by atoms with Crippen molar-refractivity contribution in [1.29, 1.82) is 0 Å². The molecule has 0 unspecified atom stereocenters. The van der Waals surface area contributed by atoms with Crippen molar-refractivity contribution < 1.29 is 24.6 Å². The molecule has 0 aliphatic rings. The van der Waals surface area contributed by atoms with E-state index in [-0.39, 0.29) is 41.9 Å². The van der Waals surface area contributed by atoms with E-state index in [9.17, 15) is 16.8 Å². The van der Waals surface area contributed by atoms with Gasteiger partial charge in [0.2, 0.25) is 0 Å². The molecule has 0 aromatic carbocycles. The summed E-state index contributed by atoms with van der Waals surface area (Å²) in [6, 6.07) is 0. The molecule has 0 saturated carbocycles. The molecule has 0 atom stereocenters. The molecule has 0 N–H and O–H groups in total. The van der Waals surface area contributed by atoms with Gasteiger partial charge in [-0.25, -0.2) is 4.18 Å². The van der Waals surface area contributed by atoms with Crippen LogP contribution in [0.3, 0.4) is 0 Å². The molecule has 0 aromatic heterocycles. The maximum absolute atomic E-state index is 11.9. The molecule has 6 nitrogen and oxygen atoms in total. The Kier molecular flexibility index (Phi) is 26.7. The van der Waals surface area contributed by atoms with Gasteiger partial charge in [0.15, 0.2) is 0 Å². The molecule has 0 fully saturated rings. The molecule has 0 bridgehead atoms. The van der Waals surface area contributed by atoms with Crippen LogP contribution in [-0.4, -0.2) is 58.8 Å². The molecule has 0 rings (SSSR count). The van der Waals surface area contributed by atoms with Gasteiger partial charge in [-0.15, -0.1) is 3.63 Å². The van der Waals surface area contributed by atoms with Crippen molar-refractivity contribution in [1.82, 2.24) is 0 Å². The molecular formula is C24H51NaO6S2. The van der Waals surface area contributed by atoms with E-state index in [4.69, 9.17) is 4.18 Å². The van der Waals surface area contributed by atoms with Crippen LogP contribution in [0.1, 0.15) is 142 Å². The predicted octanol–water partition coefficient (Wildman–Crippen LogP) is 6.79. The van der Waals surface area contributed by atoms with Crippen LogP contribution in [0.4, 0.5) is 0 Å². The van der Waals surface area contributed by atoms with Crippen LogP contribution < -0.4 is 0 Å². The molecular weight excluding hydrogens is 471 g/mol. The second kappa shape index (κ2) is 24.5. The van der Waals surface area contributed by atoms with Gasteiger partial charge in [-0.1, -0.05) is 129 Å². The van der Waals surface area contributed by atoms with Gasteiger partial charge in [-0.3, -0.25) is 0 Å². The summed E-state index contributed by atoms with van der Waals surface area (Å²) in [4.78, 5) is 0. The molecule has 0 amide bonds. The summed E-state index contributed by atoms with van der Waals surface area (Å²) < 4.78 is 56.4. The Morgan fingerprint density at radius 1 is 0.485 bits per heavy atom. The first kappa shape index (κ1) is 36.0. The summed E-state index contributed by atoms with van der Waals surface area (Å²) in [7, 11) is -8.62. The number of unbranched alkanes of at least 4 members (excludes halogenated alkanes) is 18. The van der Waals surface area contributed by atoms with Gasteiger partial charge in [0.05, 0.1) is 12.4 Å². The predicted molar refractivity (Wildman–Crippen MR) is 141 cm³/mol. The Balaban J connectivity index is 0. The van der Waals surface area contributed by atoms with Gasteiger partial charge < -0.3 is 0 Å². The fourth-order valence-corrected chi connectivity index (χ4v) is 6.02. The third-order valence-electron chi connectivity index (χ3n) is 5.66. The van der Waals surface area contributed by atoms with E-state index in [0.29, 0.717) is 12.8 Å². The molecule has 33 heavy (non-hydrogen) atoms. The van der Waals surface area contributed by atoms with E-state index in [1.54, 1.807) is 0 Å². The van der Waals surface area contributed by atoms with Crippen molar-refractivity contribution in [3.8, 4) is 0 Å². The van der Waals surface area contributed by atoms with Crippen LogP contribution in [0.15, 0.2) is 0 Å². The molecule has 0 aromatic rings. The Morgan fingerprint density at radius 3 is 1.21 bits per heavy atom. The summed E-state index contributed by atoms with van der Waals surface area (Å²) in [5.41, 5.74) is 0. The first-order chi connectivity index (χ1) is 15.3. The molecule has 9 heteroatoms. The van der Waals surface area contributed by atoms with E-state index in [2.05, 4.69) is 17.5 Å². The van der Waals surface area contributed by atoms with Gasteiger partial charge in [-0.05, 0) is 12.8 Å². The van der Waals surface area contributed by atoms with E-state index < -0.39 is 20.5 Å². The molecule has 0 radical (unpaired) electrons. The van der Waals surface area contributed by atoms with Crippen LogP contribution in [0.5, 0.6) is 0 Å². The molecule has 0 heterocycles. The number of rotatable bonds is 25. The zero-order chi connectivity index (χ0) is 24.0. The third-order valence-corrected chi connectivity index (χ3v) is 8.40. The van der Waals surface area contributed by atoms with Crippen molar-refractivity contribution in [2.45, 2.75) is 142 Å². The van der Waals surface area contributed by atoms with E-state index in [0.717, 1.165) is 38.5 Å². The number of hydrogen-bond acceptors (Lipinski definition) is 6. The Morgan fingerprint density at radius 2 is 0.818 bits per heavy atom. The monoisotopic (exact) mass is 522 g/mol. The summed E-state index contributed by atoms with van der Waals surface area (Å²) >= 11 is 0. The van der Waals surface area contributed by atoms with Crippen molar-refractivity contribution in [2.24, 2.45) is 0 Å². The first-order valence-electron chi connectivity index (χ1n) is 13.2. The average Bonchev–Trinajstić information content (AvgIpc) is 2.72. The van der Waals surface area contributed by atoms with Crippen molar-refractivity contribution in [2.75, 3.05) is 12.4 Å². The van der Waals surface area contributed by atoms with Gasteiger partial charge in [0.1, 0.15) is 0 Å². The summed E-state index contributed by atoms with van der Waals surface area (Å²) in [6.07, 6.45) is 22.0. The minimum atomic E-state index is -4.50. The summed E-state index contributed by atoms with van der Waals surface area (Å²) in [5.74, 6) is -0.287. The van der Waals surface area contributed by atoms with Gasteiger partial charge in [0.25, 0.3) is 10.1 Å². The number of hydrogen-bond donors (Lipinski definition) is 0. The Labute approximate surface area is 228 Å². The van der Waals surface area contributed by atoms with Crippen molar-refractivity contribution in [3.63, 3.8) is 0 Å². The van der Waals surface area contributed by atoms with Gasteiger partial charge in [0, 0.05) is 0 Å². The SMILES string of the molecule is CCCCCCCCCCCCOS(=O)(=O)OS(=O)(=O)CCCCCCCCCCCC.[NaH]. The standard InChI is InChI=1S/C24H50O6S2.Na.H/c1-3-5-7-9-11-13-15-17-19-21-23-29-32(27,28)30-31(25,26)24-22-20-18-16-14-12-10-8-6-4-2;;/h3-24H2,1-2H3;;. The zero-order valence-electron chi connectivity index (χ0n) is 20.8. The van der Waals surface area contributed by atoms with Crippen LogP contribution >= 0.6 is 0 Å². The van der Waals surface area contributed by atoms with E-state index in [1.165, 1.54) is 77.0 Å². The molecule has 196 valence electrons. The fraction of sp³-hybridized carbons (Fsp3) is 1.00. The van der Waals surface area contributed by atoms with Crippen molar-refractivity contribution >= 4 is 50.1 Å². The van der Waals surface area contributed by atoms with Crippen LogP contribution in [0, 0.1) is 0 Å². The maximum atomic E-state index is 11.9. The third kappa shape index (κ3) is 27.3. The molecule has 0 aliphatic carbocycles. The van der Waals surface area contributed by atoms with Crippen molar-refractivity contribution in [3.05, 3.63) is 0 Å². The topological polar surface area (TPSA) is 86.7 Å². The molecule has 0 spiro atoms. The summed E-state index contributed by atoms with van der Waals surface area (Å²) in [6.45, 7) is 4.38. The van der Waals surface area contributed by atoms with Crippen LogP contribution in [-0.2, 0) is 28.3 Å². The molecule has 0 saturated heterocycles. The summed E-state index contributed by atoms with van der Waals surface area (Å²) in [5, 5.41) is 0. The average molecular weight is 523 g/mol. The fourth-order valence-electron chi connectivity index (χ4n) is 3.70. The van der Waals surface area contributed by atoms with E-state index >= 15 is 0 Å².